The van der Waals surface area contributed by atoms with Gasteiger partial charge in [0.2, 0.25) is 0 Å². The summed E-state index contributed by atoms with van der Waals surface area (Å²) in [6, 6.07) is 7.33. The van der Waals surface area contributed by atoms with Crippen molar-refractivity contribution in [3.05, 3.63) is 47.4 Å². The van der Waals surface area contributed by atoms with Crippen LogP contribution in [-0.4, -0.2) is 58.8 Å². The lowest BCUT2D eigenvalue weighted by Gasteiger charge is -2.33. The summed E-state index contributed by atoms with van der Waals surface area (Å²) in [5.41, 5.74) is 0.0579. The van der Waals surface area contributed by atoms with Crippen LogP contribution in [0.5, 0.6) is 5.75 Å². The number of aromatic hydroxyl groups is 1. The van der Waals surface area contributed by atoms with Gasteiger partial charge in [-0.15, -0.1) is 0 Å². The number of phenols is 1. The summed E-state index contributed by atoms with van der Waals surface area (Å²) in [6.45, 7) is 1.03. The first-order chi connectivity index (χ1) is 12.5. The molecule has 0 bridgehead atoms. The molecule has 2 N–H and O–H groups in total. The molecule has 8 nitrogen and oxygen atoms in total. The van der Waals surface area contributed by atoms with Gasteiger partial charge in [0.25, 0.3) is 5.91 Å². The number of furan rings is 1. The van der Waals surface area contributed by atoms with Crippen LogP contribution in [0.25, 0.3) is 0 Å². The molecule has 1 aliphatic heterocycles. The van der Waals surface area contributed by atoms with Crippen LogP contribution in [-0.2, 0) is 9.59 Å². The van der Waals surface area contributed by atoms with E-state index in [0.29, 0.717) is 18.1 Å². The third kappa shape index (κ3) is 3.80. The number of nitrogens with one attached hydrogen (secondary N) is 1. The van der Waals surface area contributed by atoms with Crippen LogP contribution in [0.1, 0.15) is 10.6 Å². The highest BCUT2D eigenvalue weighted by Gasteiger charge is 2.29. The maximum Gasteiger partial charge on any atom is 0.314 e. The molecule has 2 heterocycles. The van der Waals surface area contributed by atoms with Crippen molar-refractivity contribution in [2.75, 3.05) is 31.5 Å². The van der Waals surface area contributed by atoms with Gasteiger partial charge in [-0.2, -0.15) is 0 Å². The molecule has 1 saturated heterocycles. The minimum atomic E-state index is -0.881. The number of amides is 3. The zero-order chi connectivity index (χ0) is 18.7. The van der Waals surface area contributed by atoms with Gasteiger partial charge >= 0.3 is 11.8 Å². The summed E-state index contributed by atoms with van der Waals surface area (Å²) in [6.07, 6.45) is 1.42. The summed E-state index contributed by atoms with van der Waals surface area (Å²) in [5.74, 6) is -1.83. The van der Waals surface area contributed by atoms with Crippen molar-refractivity contribution in [1.82, 2.24) is 9.80 Å². The van der Waals surface area contributed by atoms with E-state index in [1.807, 2.05) is 0 Å². The molecule has 1 aliphatic rings. The van der Waals surface area contributed by atoms with Gasteiger partial charge in [-0.1, -0.05) is 11.6 Å². The third-order valence-corrected chi connectivity index (χ3v) is 4.22. The Balaban J connectivity index is 1.57. The molecule has 0 aliphatic carbocycles. The molecule has 1 aromatic carbocycles. The Morgan fingerprint density at radius 1 is 1.08 bits per heavy atom. The summed E-state index contributed by atoms with van der Waals surface area (Å²) in [7, 11) is 0. The van der Waals surface area contributed by atoms with E-state index in [9.17, 15) is 19.5 Å². The quantitative estimate of drug-likeness (QED) is 0.610. The first-order valence-electron chi connectivity index (χ1n) is 7.87. The van der Waals surface area contributed by atoms with Crippen molar-refractivity contribution < 1.29 is 23.9 Å². The van der Waals surface area contributed by atoms with Gasteiger partial charge < -0.3 is 24.6 Å². The van der Waals surface area contributed by atoms with E-state index < -0.39 is 11.8 Å². The van der Waals surface area contributed by atoms with Crippen molar-refractivity contribution in [3.8, 4) is 5.75 Å². The maximum absolute atomic E-state index is 12.3. The molecular weight excluding hydrogens is 362 g/mol. The zero-order valence-electron chi connectivity index (χ0n) is 13.6. The number of benzene rings is 1. The van der Waals surface area contributed by atoms with Crippen LogP contribution in [0, 0.1) is 0 Å². The first kappa shape index (κ1) is 17.8. The molecule has 1 fully saturated rings. The van der Waals surface area contributed by atoms with Crippen LogP contribution < -0.4 is 5.32 Å². The highest BCUT2D eigenvalue weighted by atomic mass is 35.5. The van der Waals surface area contributed by atoms with Gasteiger partial charge in [0, 0.05) is 31.2 Å². The van der Waals surface area contributed by atoms with Crippen LogP contribution in [0.4, 0.5) is 5.69 Å². The fraction of sp³-hybridized carbons (Fsp3) is 0.235. The Hall–Kier alpha value is -3.00. The zero-order valence-corrected chi connectivity index (χ0v) is 14.4. The first-order valence-corrected chi connectivity index (χ1v) is 8.25. The molecule has 0 unspecified atom stereocenters. The van der Waals surface area contributed by atoms with Crippen molar-refractivity contribution in [2.24, 2.45) is 0 Å². The van der Waals surface area contributed by atoms with Crippen molar-refractivity contribution in [1.29, 1.82) is 0 Å². The lowest BCUT2D eigenvalue weighted by Crippen LogP contribution is -2.52. The standard InChI is InChI=1S/C17H16ClN3O5/c18-11-3-4-13(22)12(10-11)19-15(23)17(25)21-7-5-20(6-8-21)16(24)14-2-1-9-26-14/h1-4,9-10,22H,5-8H2,(H,19,23). The SMILES string of the molecule is O=C(Nc1cc(Cl)ccc1O)C(=O)N1CCN(C(=O)c2ccco2)CC1. The average Bonchev–Trinajstić information content (AvgIpc) is 3.18. The lowest BCUT2D eigenvalue weighted by atomic mass is 10.2. The van der Waals surface area contributed by atoms with Crippen LogP contribution in [0.2, 0.25) is 5.02 Å². The van der Waals surface area contributed by atoms with E-state index >= 15 is 0 Å². The van der Waals surface area contributed by atoms with Gasteiger partial charge in [0.05, 0.1) is 12.0 Å². The number of phenolic OH excluding ortho intramolecular Hbond substituents is 1. The van der Waals surface area contributed by atoms with Gasteiger partial charge in [0.1, 0.15) is 5.75 Å². The Bertz CT molecular complexity index is 829. The van der Waals surface area contributed by atoms with Gasteiger partial charge in [0.15, 0.2) is 5.76 Å². The molecule has 2 aromatic rings. The van der Waals surface area contributed by atoms with Crippen molar-refractivity contribution >= 4 is 35.0 Å². The molecule has 3 rings (SSSR count). The molecule has 0 atom stereocenters. The number of hydrogen-bond acceptors (Lipinski definition) is 5. The van der Waals surface area contributed by atoms with E-state index in [1.165, 1.54) is 29.4 Å². The number of rotatable bonds is 2. The third-order valence-electron chi connectivity index (χ3n) is 3.99. The average molecular weight is 378 g/mol. The topological polar surface area (TPSA) is 103 Å². The Labute approximate surface area is 153 Å². The van der Waals surface area contributed by atoms with E-state index in [0.717, 1.165) is 0 Å². The van der Waals surface area contributed by atoms with E-state index in [-0.39, 0.29) is 36.2 Å². The minimum Gasteiger partial charge on any atom is -0.506 e. The van der Waals surface area contributed by atoms with Crippen molar-refractivity contribution in [2.45, 2.75) is 0 Å². The summed E-state index contributed by atoms with van der Waals surface area (Å²) in [4.78, 5) is 39.5. The van der Waals surface area contributed by atoms with Gasteiger partial charge in [-0.25, -0.2) is 0 Å². The second-order valence-electron chi connectivity index (χ2n) is 5.68. The lowest BCUT2D eigenvalue weighted by molar-refractivity contribution is -0.144. The number of anilines is 1. The van der Waals surface area contributed by atoms with E-state index in [1.54, 1.807) is 17.0 Å². The molecule has 0 spiro atoms. The number of carbonyl (C=O) groups excluding carboxylic acids is 3. The number of hydrogen-bond donors (Lipinski definition) is 2. The minimum absolute atomic E-state index is 0.0579. The molecule has 0 saturated carbocycles. The number of carbonyl (C=O) groups is 3. The largest absolute Gasteiger partial charge is 0.506 e. The summed E-state index contributed by atoms with van der Waals surface area (Å²) in [5, 5.41) is 12.4. The fourth-order valence-corrected chi connectivity index (χ4v) is 2.77. The Kier molecular flexibility index (Phi) is 5.13. The predicted octanol–water partition coefficient (Wildman–Crippen LogP) is 1.56. The summed E-state index contributed by atoms with van der Waals surface area (Å²) >= 11 is 5.81. The van der Waals surface area contributed by atoms with Crippen molar-refractivity contribution in [3.63, 3.8) is 0 Å². The number of piperazine rings is 1. The normalized spacial score (nSPS) is 14.2. The number of halogens is 1. The van der Waals surface area contributed by atoms with Crippen LogP contribution in [0.15, 0.2) is 41.0 Å². The van der Waals surface area contributed by atoms with E-state index in [2.05, 4.69) is 5.32 Å². The molecule has 3 amide bonds. The molecular formula is C17H16ClN3O5. The predicted molar refractivity (Wildman–Crippen MR) is 92.9 cm³/mol. The molecule has 9 heteroatoms. The second kappa shape index (κ2) is 7.49. The van der Waals surface area contributed by atoms with Gasteiger partial charge in [-0.3, -0.25) is 14.4 Å². The molecule has 26 heavy (non-hydrogen) atoms. The highest BCUT2D eigenvalue weighted by Crippen LogP contribution is 2.26. The summed E-state index contributed by atoms with van der Waals surface area (Å²) < 4.78 is 5.08. The van der Waals surface area contributed by atoms with Crippen LogP contribution in [0.3, 0.4) is 0 Å². The van der Waals surface area contributed by atoms with E-state index in [4.69, 9.17) is 16.0 Å². The van der Waals surface area contributed by atoms with Gasteiger partial charge in [-0.05, 0) is 30.3 Å². The highest BCUT2D eigenvalue weighted by molar-refractivity contribution is 6.40. The number of nitrogens with zero attached hydrogens (tertiary/aromatic N) is 2. The maximum atomic E-state index is 12.3. The molecule has 0 radical (unpaired) electrons. The Morgan fingerprint density at radius 2 is 1.77 bits per heavy atom. The second-order valence-corrected chi connectivity index (χ2v) is 6.11. The monoisotopic (exact) mass is 377 g/mol. The van der Waals surface area contributed by atoms with Crippen LogP contribution >= 0.6 is 11.6 Å². The smallest absolute Gasteiger partial charge is 0.314 e. The molecule has 136 valence electrons. The Morgan fingerprint density at radius 3 is 2.42 bits per heavy atom. The molecule has 1 aromatic heterocycles. The fourth-order valence-electron chi connectivity index (χ4n) is 2.60.